The minimum absolute atomic E-state index is 0.141. The third-order valence-electron chi connectivity index (χ3n) is 5.40. The minimum atomic E-state index is -0.808. The van der Waals surface area contributed by atoms with Gasteiger partial charge < -0.3 is 20.5 Å². The monoisotopic (exact) mass is 424 g/mol. The molecule has 2 aromatic rings. The minimum Gasteiger partial charge on any atom is -0.487 e. The van der Waals surface area contributed by atoms with Gasteiger partial charge >= 0.3 is 5.97 Å². The Morgan fingerprint density at radius 2 is 2.10 bits per heavy atom. The van der Waals surface area contributed by atoms with Gasteiger partial charge in [-0.25, -0.2) is 0 Å². The van der Waals surface area contributed by atoms with Crippen molar-refractivity contribution in [2.24, 2.45) is 0 Å². The molecule has 7 heteroatoms. The fourth-order valence-corrected chi connectivity index (χ4v) is 4.33. The third-order valence-corrected chi connectivity index (χ3v) is 6.04. The predicted octanol–water partition coefficient (Wildman–Crippen LogP) is 3.38. The Kier molecular flexibility index (Phi) is 6.11. The second-order valence-electron chi connectivity index (χ2n) is 7.36. The first kappa shape index (κ1) is 20.5. The van der Waals surface area contributed by atoms with E-state index in [0.29, 0.717) is 30.9 Å². The number of fused-ring (bicyclic) bond motifs is 2. The van der Waals surface area contributed by atoms with E-state index in [4.69, 9.17) is 4.74 Å². The molecule has 2 aliphatic heterocycles. The van der Waals surface area contributed by atoms with Gasteiger partial charge in [-0.3, -0.25) is 9.59 Å². The number of para-hydroxylation sites is 1. The molecule has 2 aliphatic rings. The van der Waals surface area contributed by atoms with Crippen LogP contribution in [0.5, 0.6) is 0 Å². The molecule has 0 bridgehead atoms. The van der Waals surface area contributed by atoms with Crippen molar-refractivity contribution in [3.63, 3.8) is 0 Å². The molecule has 0 saturated heterocycles. The molecule has 1 atom stereocenters. The number of carboxylic acids is 1. The summed E-state index contributed by atoms with van der Waals surface area (Å²) in [6.45, 7) is 1.02. The molecular formula is C23H24N2O4S. The number of hydrogen-bond acceptors (Lipinski definition) is 5. The van der Waals surface area contributed by atoms with Crippen LogP contribution in [0.4, 0.5) is 5.69 Å². The van der Waals surface area contributed by atoms with Crippen molar-refractivity contribution in [1.29, 1.82) is 0 Å². The van der Waals surface area contributed by atoms with Gasteiger partial charge in [0.15, 0.2) is 0 Å². The highest BCUT2D eigenvalue weighted by Gasteiger charge is 2.32. The molecule has 0 aromatic heterocycles. The number of rotatable bonds is 8. The van der Waals surface area contributed by atoms with Gasteiger partial charge in [0.05, 0.1) is 5.57 Å². The number of nitrogens with one attached hydrogen (secondary N) is 2. The maximum absolute atomic E-state index is 12.5. The number of benzene rings is 2. The van der Waals surface area contributed by atoms with E-state index in [1.54, 1.807) is 11.8 Å². The number of ether oxygens (including phenoxy) is 1. The zero-order chi connectivity index (χ0) is 21.1. The highest BCUT2D eigenvalue weighted by Crippen LogP contribution is 2.41. The fraction of sp³-hybridized carbons (Fsp3) is 0.304. The van der Waals surface area contributed by atoms with Crippen LogP contribution in [0.25, 0.3) is 11.3 Å². The Labute approximate surface area is 179 Å². The third kappa shape index (κ3) is 4.08. The Hall–Kier alpha value is -2.77. The molecule has 1 amide bonds. The number of aliphatic carboxylic acids is 1. The van der Waals surface area contributed by atoms with Crippen LogP contribution < -0.4 is 10.6 Å². The number of carbonyl (C=O) groups excluding carboxylic acids is 1. The maximum Gasteiger partial charge on any atom is 0.320 e. The summed E-state index contributed by atoms with van der Waals surface area (Å²) in [5.41, 5.74) is 5.35. The van der Waals surface area contributed by atoms with E-state index in [-0.39, 0.29) is 5.91 Å². The Balaban J connectivity index is 1.48. The van der Waals surface area contributed by atoms with E-state index in [1.165, 1.54) is 0 Å². The van der Waals surface area contributed by atoms with Gasteiger partial charge in [0, 0.05) is 22.4 Å². The Bertz CT molecular complexity index is 1020. The normalized spacial score (nSPS) is 17.8. The summed E-state index contributed by atoms with van der Waals surface area (Å²) >= 11 is 1.65. The molecule has 6 nitrogen and oxygen atoms in total. The van der Waals surface area contributed by atoms with E-state index in [9.17, 15) is 14.7 Å². The zero-order valence-corrected chi connectivity index (χ0v) is 17.6. The summed E-state index contributed by atoms with van der Waals surface area (Å²) in [6, 6.07) is 13.2. The van der Waals surface area contributed by atoms with Crippen molar-refractivity contribution in [1.82, 2.24) is 5.32 Å². The van der Waals surface area contributed by atoms with Crippen LogP contribution in [-0.2, 0) is 27.4 Å². The first-order chi connectivity index (χ1) is 14.6. The number of amides is 1. The van der Waals surface area contributed by atoms with Crippen LogP contribution in [-0.4, -0.2) is 41.6 Å². The van der Waals surface area contributed by atoms with Crippen molar-refractivity contribution in [3.05, 3.63) is 64.7 Å². The largest absolute Gasteiger partial charge is 0.487 e. The molecule has 30 heavy (non-hydrogen) atoms. The van der Waals surface area contributed by atoms with Gasteiger partial charge in [-0.15, -0.1) is 0 Å². The summed E-state index contributed by atoms with van der Waals surface area (Å²) < 4.78 is 5.93. The number of hydrogen-bond donors (Lipinski definition) is 3. The van der Waals surface area contributed by atoms with Gasteiger partial charge in [0.2, 0.25) is 0 Å². The molecule has 2 aromatic carbocycles. The van der Waals surface area contributed by atoms with Crippen molar-refractivity contribution >= 4 is 40.7 Å². The first-order valence-electron chi connectivity index (χ1n) is 9.93. The van der Waals surface area contributed by atoms with Crippen LogP contribution in [0.15, 0.2) is 42.5 Å². The molecule has 4 rings (SSSR count). The molecular weight excluding hydrogens is 400 g/mol. The number of anilines is 1. The summed E-state index contributed by atoms with van der Waals surface area (Å²) in [5, 5.41) is 15.4. The zero-order valence-electron chi connectivity index (χ0n) is 16.7. The fourth-order valence-electron chi connectivity index (χ4n) is 3.86. The van der Waals surface area contributed by atoms with E-state index >= 15 is 0 Å². The van der Waals surface area contributed by atoms with Crippen molar-refractivity contribution in [2.45, 2.75) is 25.5 Å². The molecule has 0 spiro atoms. The smallest absolute Gasteiger partial charge is 0.320 e. The van der Waals surface area contributed by atoms with Gasteiger partial charge in [-0.2, -0.15) is 11.8 Å². The Morgan fingerprint density at radius 1 is 1.27 bits per heavy atom. The predicted molar refractivity (Wildman–Crippen MR) is 119 cm³/mol. The lowest BCUT2D eigenvalue weighted by atomic mass is 9.98. The molecule has 0 fully saturated rings. The SMILES string of the molecule is CSCC[C@H](NCCc1ccc2c(c1)COC2=C1C(=O)Nc2ccccc21)C(=O)O. The van der Waals surface area contributed by atoms with E-state index < -0.39 is 12.0 Å². The quantitative estimate of drug-likeness (QED) is 0.563. The highest BCUT2D eigenvalue weighted by molar-refractivity contribution is 7.98. The van der Waals surface area contributed by atoms with Crippen LogP contribution in [0, 0.1) is 0 Å². The van der Waals surface area contributed by atoms with E-state index in [2.05, 4.69) is 16.7 Å². The van der Waals surface area contributed by atoms with Gasteiger partial charge in [-0.05, 0) is 43.0 Å². The first-order valence-corrected chi connectivity index (χ1v) is 11.3. The summed E-state index contributed by atoms with van der Waals surface area (Å²) in [6.07, 6.45) is 3.31. The molecule has 0 saturated carbocycles. The Morgan fingerprint density at radius 3 is 2.90 bits per heavy atom. The van der Waals surface area contributed by atoms with Gasteiger partial charge in [0.25, 0.3) is 5.91 Å². The summed E-state index contributed by atoms with van der Waals surface area (Å²) in [7, 11) is 0. The topological polar surface area (TPSA) is 87.7 Å². The molecule has 0 unspecified atom stereocenters. The number of carbonyl (C=O) groups is 2. The summed E-state index contributed by atoms with van der Waals surface area (Å²) in [4.78, 5) is 23.9. The lowest BCUT2D eigenvalue weighted by Crippen LogP contribution is -2.38. The second-order valence-corrected chi connectivity index (χ2v) is 8.35. The van der Waals surface area contributed by atoms with Crippen molar-refractivity contribution in [2.75, 3.05) is 23.9 Å². The average Bonchev–Trinajstić information content (AvgIpc) is 3.29. The second kappa shape index (κ2) is 8.93. The lowest BCUT2D eigenvalue weighted by molar-refractivity contribution is -0.139. The molecule has 0 radical (unpaired) electrons. The molecule has 156 valence electrons. The number of thioether (sulfide) groups is 1. The lowest BCUT2D eigenvalue weighted by Gasteiger charge is -2.14. The average molecular weight is 425 g/mol. The van der Waals surface area contributed by atoms with Crippen molar-refractivity contribution < 1.29 is 19.4 Å². The van der Waals surface area contributed by atoms with Crippen LogP contribution in [0.1, 0.15) is 28.7 Å². The highest BCUT2D eigenvalue weighted by atomic mass is 32.2. The molecule has 3 N–H and O–H groups in total. The molecule has 0 aliphatic carbocycles. The van der Waals surface area contributed by atoms with Crippen LogP contribution >= 0.6 is 11.8 Å². The van der Waals surface area contributed by atoms with Crippen LogP contribution in [0.3, 0.4) is 0 Å². The van der Waals surface area contributed by atoms with Gasteiger partial charge in [0.1, 0.15) is 18.4 Å². The standard InChI is InChI=1S/C23H24N2O4S/c1-30-11-9-19(23(27)28)24-10-8-14-6-7-16-15(12-14)13-29-21(16)20-17-4-2-3-5-18(17)25-22(20)26/h2-7,12,19,24H,8-11,13H2,1H3,(H,25,26)(H,27,28)/t19-/m0/s1. The molecule has 2 heterocycles. The number of carboxylic acid groups (broad SMARTS) is 1. The maximum atomic E-state index is 12.5. The van der Waals surface area contributed by atoms with Crippen LogP contribution in [0.2, 0.25) is 0 Å². The van der Waals surface area contributed by atoms with E-state index in [1.807, 2.05) is 42.7 Å². The summed E-state index contributed by atoms with van der Waals surface area (Å²) in [5.74, 6) is 0.490. The van der Waals surface area contributed by atoms with Crippen molar-refractivity contribution in [3.8, 4) is 0 Å². The van der Waals surface area contributed by atoms with E-state index in [0.717, 1.165) is 40.1 Å². The van der Waals surface area contributed by atoms with Gasteiger partial charge in [-0.1, -0.05) is 36.4 Å².